The Morgan fingerprint density at radius 3 is 2.78 bits per heavy atom. The molecule has 0 radical (unpaired) electrons. The third kappa shape index (κ3) is 3.79. The molecule has 120 valence electrons. The van der Waals surface area contributed by atoms with E-state index in [2.05, 4.69) is 16.8 Å². The number of benzene rings is 1. The van der Waals surface area contributed by atoms with Gasteiger partial charge in [-0.15, -0.1) is 16.8 Å². The van der Waals surface area contributed by atoms with Crippen molar-refractivity contribution in [1.29, 1.82) is 0 Å². The van der Waals surface area contributed by atoms with Crippen molar-refractivity contribution in [2.24, 2.45) is 0 Å². The fraction of sp³-hybridized carbons (Fsp3) is 0.312. The normalized spacial score (nSPS) is 14.0. The predicted molar refractivity (Wildman–Crippen MR) is 93.7 cm³/mol. The number of aromatic nitrogens is 3. The molecule has 7 heteroatoms. The molecule has 0 atom stereocenters. The summed E-state index contributed by atoms with van der Waals surface area (Å²) < 4.78 is 2.04. The zero-order valence-electron chi connectivity index (χ0n) is 12.3. The molecule has 0 amide bonds. The van der Waals surface area contributed by atoms with Gasteiger partial charge in [0.2, 0.25) is 0 Å². The number of Topliss-reactive ketones (excluding diaryl/α,β-unsaturated/α-hetero) is 1. The summed E-state index contributed by atoms with van der Waals surface area (Å²) in [6.45, 7) is 4.43. The van der Waals surface area contributed by atoms with Gasteiger partial charge in [0.1, 0.15) is 5.82 Å². The molecule has 1 aromatic heterocycles. The van der Waals surface area contributed by atoms with Crippen LogP contribution in [-0.2, 0) is 6.54 Å². The first-order valence-corrected chi connectivity index (χ1v) is 8.99. The van der Waals surface area contributed by atoms with E-state index < -0.39 is 0 Å². The van der Waals surface area contributed by atoms with E-state index >= 15 is 0 Å². The van der Waals surface area contributed by atoms with Crippen molar-refractivity contribution in [3.63, 3.8) is 0 Å². The number of hydrogen-bond acceptors (Lipinski definition) is 4. The third-order valence-electron chi connectivity index (χ3n) is 3.57. The molecule has 23 heavy (non-hydrogen) atoms. The largest absolute Gasteiger partial charge is 0.302 e. The maximum Gasteiger partial charge on any atom is 0.191 e. The first-order valence-electron chi connectivity index (χ1n) is 7.25. The molecule has 1 heterocycles. The molecule has 0 unspecified atom stereocenters. The van der Waals surface area contributed by atoms with E-state index in [0.29, 0.717) is 28.1 Å². The fourth-order valence-corrected chi connectivity index (χ4v) is 3.38. The summed E-state index contributed by atoms with van der Waals surface area (Å²) in [4.78, 5) is 12.3. The molecule has 1 aromatic carbocycles. The van der Waals surface area contributed by atoms with Crippen molar-refractivity contribution in [3.8, 4) is 0 Å². The number of thioether (sulfide) groups is 1. The minimum atomic E-state index is -0.0188. The molecule has 1 saturated carbocycles. The van der Waals surface area contributed by atoms with Crippen LogP contribution in [0, 0.1) is 0 Å². The maximum atomic E-state index is 12.3. The molecule has 2 aromatic rings. The van der Waals surface area contributed by atoms with Crippen LogP contribution in [0.25, 0.3) is 0 Å². The number of ketones is 1. The van der Waals surface area contributed by atoms with Gasteiger partial charge in [0, 0.05) is 18.0 Å². The van der Waals surface area contributed by atoms with Gasteiger partial charge in [0.05, 0.1) is 15.8 Å². The summed E-state index contributed by atoms with van der Waals surface area (Å²) in [5.74, 6) is 1.75. The number of allylic oxidation sites excluding steroid dienone is 1. The Kier molecular flexibility index (Phi) is 5.09. The maximum absolute atomic E-state index is 12.3. The van der Waals surface area contributed by atoms with Crippen molar-refractivity contribution < 1.29 is 4.79 Å². The highest BCUT2D eigenvalue weighted by Gasteiger charge is 2.30. The smallest absolute Gasteiger partial charge is 0.191 e. The molecule has 3 rings (SSSR count). The average molecular weight is 368 g/mol. The molecule has 1 aliphatic rings. The minimum absolute atomic E-state index is 0.0188. The summed E-state index contributed by atoms with van der Waals surface area (Å²) in [6, 6.07) is 4.91. The molecular weight excluding hydrogens is 353 g/mol. The van der Waals surface area contributed by atoms with Gasteiger partial charge in [-0.05, 0) is 31.0 Å². The third-order valence-corrected chi connectivity index (χ3v) is 5.28. The standard InChI is InChI=1S/C16H15Cl2N3OS/c1-2-7-21-15(10-3-4-10)19-20-16(21)23-9-14(22)11-5-6-12(17)13(18)8-11/h2,5-6,8,10H,1,3-4,7,9H2. The van der Waals surface area contributed by atoms with Gasteiger partial charge < -0.3 is 4.57 Å². The Morgan fingerprint density at radius 1 is 1.35 bits per heavy atom. The number of carbonyl (C=O) groups excluding carboxylic acids is 1. The van der Waals surface area contributed by atoms with E-state index in [1.807, 2.05) is 10.6 Å². The second-order valence-corrected chi connectivity index (χ2v) is 7.11. The van der Waals surface area contributed by atoms with Gasteiger partial charge in [0.15, 0.2) is 10.9 Å². The van der Waals surface area contributed by atoms with Crippen molar-refractivity contribution in [2.45, 2.75) is 30.5 Å². The summed E-state index contributed by atoms with van der Waals surface area (Å²) in [5, 5.41) is 10.1. The van der Waals surface area contributed by atoms with Crippen LogP contribution in [0.1, 0.15) is 34.9 Å². The Morgan fingerprint density at radius 2 is 2.13 bits per heavy atom. The first-order chi connectivity index (χ1) is 11.1. The number of rotatable bonds is 7. The molecule has 0 N–H and O–H groups in total. The molecule has 0 saturated heterocycles. The van der Waals surface area contributed by atoms with Crippen LogP contribution >= 0.6 is 35.0 Å². The van der Waals surface area contributed by atoms with Crippen LogP contribution in [0.4, 0.5) is 0 Å². The van der Waals surface area contributed by atoms with E-state index in [4.69, 9.17) is 23.2 Å². The Hall–Kier alpha value is -1.30. The highest BCUT2D eigenvalue weighted by molar-refractivity contribution is 7.99. The van der Waals surface area contributed by atoms with E-state index in [0.717, 1.165) is 23.8 Å². The van der Waals surface area contributed by atoms with Crippen LogP contribution in [0.2, 0.25) is 10.0 Å². The fourth-order valence-electron chi connectivity index (χ4n) is 2.23. The van der Waals surface area contributed by atoms with E-state index in [9.17, 15) is 4.79 Å². The van der Waals surface area contributed by atoms with Crippen LogP contribution in [-0.4, -0.2) is 26.3 Å². The van der Waals surface area contributed by atoms with Gasteiger partial charge in [-0.2, -0.15) is 0 Å². The van der Waals surface area contributed by atoms with Crippen LogP contribution in [0.3, 0.4) is 0 Å². The van der Waals surface area contributed by atoms with Gasteiger partial charge in [0.25, 0.3) is 0 Å². The van der Waals surface area contributed by atoms with Gasteiger partial charge >= 0.3 is 0 Å². The molecule has 0 bridgehead atoms. The van der Waals surface area contributed by atoms with Gasteiger partial charge in [-0.3, -0.25) is 4.79 Å². The predicted octanol–water partition coefficient (Wildman–Crippen LogP) is 4.62. The summed E-state index contributed by atoms with van der Waals surface area (Å²) in [6.07, 6.45) is 4.13. The van der Waals surface area contributed by atoms with Crippen LogP contribution < -0.4 is 0 Å². The van der Waals surface area contributed by atoms with Crippen molar-refractivity contribution in [3.05, 3.63) is 52.3 Å². The molecule has 4 nitrogen and oxygen atoms in total. The molecule has 1 aliphatic carbocycles. The highest BCUT2D eigenvalue weighted by atomic mass is 35.5. The Bertz CT molecular complexity index is 756. The lowest BCUT2D eigenvalue weighted by Crippen LogP contribution is -2.06. The lowest BCUT2D eigenvalue weighted by molar-refractivity contribution is 0.102. The molecule has 0 spiro atoms. The van der Waals surface area contributed by atoms with Crippen LogP contribution in [0.15, 0.2) is 36.0 Å². The Balaban J connectivity index is 1.71. The molecule has 1 fully saturated rings. The van der Waals surface area contributed by atoms with Crippen molar-refractivity contribution >= 4 is 40.7 Å². The van der Waals surface area contributed by atoms with E-state index in [-0.39, 0.29) is 11.5 Å². The topological polar surface area (TPSA) is 47.8 Å². The molecular formula is C16H15Cl2N3OS. The second-order valence-electron chi connectivity index (χ2n) is 5.36. The quantitative estimate of drug-likeness (QED) is 0.406. The number of hydrogen-bond donors (Lipinski definition) is 0. The first kappa shape index (κ1) is 16.6. The zero-order chi connectivity index (χ0) is 16.4. The monoisotopic (exact) mass is 367 g/mol. The highest BCUT2D eigenvalue weighted by Crippen LogP contribution is 2.40. The lowest BCUT2D eigenvalue weighted by atomic mass is 10.1. The number of nitrogens with zero attached hydrogens (tertiary/aromatic N) is 3. The second kappa shape index (κ2) is 7.07. The summed E-state index contributed by atoms with van der Waals surface area (Å²) >= 11 is 13.2. The lowest BCUT2D eigenvalue weighted by Gasteiger charge is -2.07. The average Bonchev–Trinajstić information content (AvgIpc) is 3.30. The number of carbonyl (C=O) groups is 1. The Labute approximate surface area is 148 Å². The van der Waals surface area contributed by atoms with Gasteiger partial charge in [-0.25, -0.2) is 0 Å². The summed E-state index contributed by atoms with van der Waals surface area (Å²) in [7, 11) is 0. The molecule has 0 aliphatic heterocycles. The SMILES string of the molecule is C=CCn1c(SCC(=O)c2ccc(Cl)c(Cl)c2)nnc1C1CC1. The van der Waals surface area contributed by atoms with Crippen molar-refractivity contribution in [1.82, 2.24) is 14.8 Å². The summed E-state index contributed by atoms with van der Waals surface area (Å²) in [5.41, 5.74) is 0.545. The minimum Gasteiger partial charge on any atom is -0.302 e. The van der Waals surface area contributed by atoms with Gasteiger partial charge in [-0.1, -0.05) is 41.0 Å². The van der Waals surface area contributed by atoms with E-state index in [1.165, 1.54) is 11.8 Å². The zero-order valence-corrected chi connectivity index (χ0v) is 14.7. The number of halogens is 2. The van der Waals surface area contributed by atoms with Crippen LogP contribution in [0.5, 0.6) is 0 Å². The van der Waals surface area contributed by atoms with Crippen molar-refractivity contribution in [2.75, 3.05) is 5.75 Å². The van der Waals surface area contributed by atoms with E-state index in [1.54, 1.807) is 18.2 Å².